The number of thiophene rings is 1. The highest BCUT2D eigenvalue weighted by Gasteiger charge is 2.21. The predicted molar refractivity (Wildman–Crippen MR) is 81.0 cm³/mol. The van der Waals surface area contributed by atoms with Gasteiger partial charge in [0.05, 0.1) is 5.56 Å². The molecule has 0 saturated carbocycles. The summed E-state index contributed by atoms with van der Waals surface area (Å²) >= 11 is 7.47. The molecule has 2 nitrogen and oxygen atoms in total. The van der Waals surface area contributed by atoms with E-state index < -0.39 is 5.82 Å². The second-order valence-corrected chi connectivity index (χ2v) is 6.14. The van der Waals surface area contributed by atoms with E-state index in [1.165, 1.54) is 23.1 Å². The molecular formula is C15H15ClFNOS. The zero-order chi connectivity index (χ0) is 14.7. The third kappa shape index (κ3) is 3.38. The van der Waals surface area contributed by atoms with Gasteiger partial charge in [-0.05, 0) is 36.6 Å². The minimum Gasteiger partial charge on any atom is -0.339 e. The average Bonchev–Trinajstić information content (AvgIpc) is 2.92. The molecule has 106 valence electrons. The van der Waals surface area contributed by atoms with Gasteiger partial charge >= 0.3 is 0 Å². The third-order valence-electron chi connectivity index (χ3n) is 3.22. The highest BCUT2D eigenvalue weighted by atomic mass is 35.5. The van der Waals surface area contributed by atoms with Gasteiger partial charge in [0.25, 0.3) is 5.91 Å². The molecule has 0 radical (unpaired) electrons. The van der Waals surface area contributed by atoms with Gasteiger partial charge in [0.1, 0.15) is 5.82 Å². The van der Waals surface area contributed by atoms with Gasteiger partial charge in [-0.3, -0.25) is 4.79 Å². The van der Waals surface area contributed by atoms with Crippen LogP contribution in [0.4, 0.5) is 4.39 Å². The molecule has 1 unspecified atom stereocenters. The summed E-state index contributed by atoms with van der Waals surface area (Å²) in [6, 6.07) is 8.01. The maximum atomic E-state index is 13.7. The molecule has 0 spiro atoms. The Labute approximate surface area is 126 Å². The molecular weight excluding hydrogens is 297 g/mol. The molecule has 1 aromatic carbocycles. The summed E-state index contributed by atoms with van der Waals surface area (Å²) < 4.78 is 13.7. The lowest BCUT2D eigenvalue weighted by molar-refractivity contribution is 0.0739. The van der Waals surface area contributed by atoms with E-state index in [9.17, 15) is 9.18 Å². The van der Waals surface area contributed by atoms with E-state index in [2.05, 4.69) is 0 Å². The smallest absolute Gasteiger partial charge is 0.256 e. The molecule has 20 heavy (non-hydrogen) atoms. The minimum absolute atomic E-state index is 0.0121. The molecule has 0 N–H and O–H groups in total. The minimum atomic E-state index is -0.547. The van der Waals surface area contributed by atoms with E-state index in [4.69, 9.17) is 11.6 Å². The van der Waals surface area contributed by atoms with Crippen LogP contribution in [0.2, 0.25) is 5.02 Å². The molecule has 1 amide bonds. The van der Waals surface area contributed by atoms with E-state index in [0.717, 1.165) is 6.42 Å². The molecule has 0 aliphatic heterocycles. The Kier molecular flexibility index (Phi) is 4.78. The fourth-order valence-corrected chi connectivity index (χ4v) is 2.91. The van der Waals surface area contributed by atoms with Gasteiger partial charge in [-0.2, -0.15) is 0 Å². The lowest BCUT2D eigenvalue weighted by Crippen LogP contribution is -2.36. The van der Waals surface area contributed by atoms with Crippen molar-refractivity contribution in [2.45, 2.75) is 19.4 Å². The van der Waals surface area contributed by atoms with Crippen LogP contribution >= 0.6 is 22.9 Å². The highest BCUT2D eigenvalue weighted by Crippen LogP contribution is 2.19. The van der Waals surface area contributed by atoms with Crippen LogP contribution in [0.1, 0.15) is 22.2 Å². The first kappa shape index (κ1) is 15.0. The van der Waals surface area contributed by atoms with Crippen molar-refractivity contribution >= 4 is 28.8 Å². The Morgan fingerprint density at radius 2 is 2.20 bits per heavy atom. The first-order valence-corrected chi connectivity index (χ1v) is 7.49. The van der Waals surface area contributed by atoms with Crippen molar-refractivity contribution in [1.82, 2.24) is 4.90 Å². The van der Waals surface area contributed by atoms with Crippen molar-refractivity contribution in [1.29, 1.82) is 0 Å². The van der Waals surface area contributed by atoms with E-state index >= 15 is 0 Å². The zero-order valence-electron chi connectivity index (χ0n) is 11.3. The van der Waals surface area contributed by atoms with Gasteiger partial charge in [-0.1, -0.05) is 17.7 Å². The van der Waals surface area contributed by atoms with Crippen LogP contribution in [0.25, 0.3) is 0 Å². The number of hydrogen-bond acceptors (Lipinski definition) is 2. The Balaban J connectivity index is 2.13. The Bertz CT molecular complexity index is 600. The van der Waals surface area contributed by atoms with Gasteiger partial charge in [0, 0.05) is 29.4 Å². The van der Waals surface area contributed by atoms with Gasteiger partial charge < -0.3 is 4.90 Å². The monoisotopic (exact) mass is 311 g/mol. The Morgan fingerprint density at radius 3 is 2.85 bits per heavy atom. The second-order valence-electron chi connectivity index (χ2n) is 4.67. The number of carbonyl (C=O) groups is 1. The highest BCUT2D eigenvalue weighted by molar-refractivity contribution is 7.09. The lowest BCUT2D eigenvalue weighted by Gasteiger charge is -2.25. The summed E-state index contributed by atoms with van der Waals surface area (Å²) in [4.78, 5) is 15.1. The molecule has 0 bridgehead atoms. The van der Waals surface area contributed by atoms with Crippen LogP contribution in [-0.4, -0.2) is 23.9 Å². The van der Waals surface area contributed by atoms with E-state index in [1.807, 2.05) is 24.4 Å². The molecule has 5 heteroatoms. The standard InChI is InChI=1S/C15H15ClFNOS/c1-10(8-12-4-3-7-20-12)18(2)15(19)13-9-11(16)5-6-14(13)17/h3-7,9-10H,8H2,1-2H3. The third-order valence-corrected chi connectivity index (χ3v) is 4.35. The number of benzene rings is 1. The largest absolute Gasteiger partial charge is 0.339 e. The fourth-order valence-electron chi connectivity index (χ4n) is 1.91. The van der Waals surface area contributed by atoms with Crippen molar-refractivity contribution in [3.8, 4) is 0 Å². The van der Waals surface area contributed by atoms with Crippen molar-refractivity contribution in [3.63, 3.8) is 0 Å². The summed E-state index contributed by atoms with van der Waals surface area (Å²) in [5.41, 5.74) is 0.0121. The van der Waals surface area contributed by atoms with E-state index in [-0.39, 0.29) is 17.5 Å². The summed E-state index contributed by atoms with van der Waals surface area (Å²) in [6.07, 6.45) is 0.752. The van der Waals surface area contributed by atoms with Crippen LogP contribution in [0.3, 0.4) is 0 Å². The van der Waals surface area contributed by atoms with Crippen LogP contribution < -0.4 is 0 Å². The van der Waals surface area contributed by atoms with Crippen LogP contribution in [0.15, 0.2) is 35.7 Å². The first-order valence-electron chi connectivity index (χ1n) is 6.23. The normalized spacial score (nSPS) is 12.2. The molecule has 0 aliphatic carbocycles. The Hall–Kier alpha value is -1.39. The van der Waals surface area contributed by atoms with Crippen LogP contribution in [-0.2, 0) is 6.42 Å². The molecule has 0 saturated heterocycles. The zero-order valence-corrected chi connectivity index (χ0v) is 12.8. The molecule has 1 atom stereocenters. The quantitative estimate of drug-likeness (QED) is 0.827. The summed E-state index contributed by atoms with van der Waals surface area (Å²) in [5, 5.41) is 2.36. The molecule has 2 rings (SSSR count). The molecule has 0 fully saturated rings. The van der Waals surface area contributed by atoms with Crippen molar-refractivity contribution in [2.24, 2.45) is 0 Å². The number of amides is 1. The maximum absolute atomic E-state index is 13.7. The molecule has 1 aromatic heterocycles. The van der Waals surface area contributed by atoms with Gasteiger partial charge in [-0.15, -0.1) is 11.3 Å². The van der Waals surface area contributed by atoms with E-state index in [1.54, 1.807) is 23.3 Å². The summed E-state index contributed by atoms with van der Waals surface area (Å²) in [7, 11) is 1.68. The van der Waals surface area contributed by atoms with Crippen LogP contribution in [0.5, 0.6) is 0 Å². The topological polar surface area (TPSA) is 20.3 Å². The lowest BCUT2D eigenvalue weighted by atomic mass is 10.1. The van der Waals surface area contributed by atoms with Gasteiger partial charge in [0.15, 0.2) is 0 Å². The van der Waals surface area contributed by atoms with Gasteiger partial charge in [0.2, 0.25) is 0 Å². The number of halogens is 2. The van der Waals surface area contributed by atoms with Crippen molar-refractivity contribution in [2.75, 3.05) is 7.05 Å². The predicted octanol–water partition coefficient (Wildman–Crippen LogP) is 4.24. The summed E-state index contributed by atoms with van der Waals surface area (Å²) in [6.45, 7) is 1.94. The number of hydrogen-bond donors (Lipinski definition) is 0. The van der Waals surface area contributed by atoms with Crippen molar-refractivity contribution < 1.29 is 9.18 Å². The SMILES string of the molecule is CC(Cc1cccs1)N(C)C(=O)c1cc(Cl)ccc1F. The molecule has 0 aliphatic rings. The van der Waals surface area contributed by atoms with Gasteiger partial charge in [-0.25, -0.2) is 4.39 Å². The van der Waals surface area contributed by atoms with Crippen LogP contribution in [0, 0.1) is 5.82 Å². The number of likely N-dealkylation sites (N-methyl/N-ethyl adjacent to an activating group) is 1. The molecule has 2 aromatic rings. The van der Waals surface area contributed by atoms with E-state index in [0.29, 0.717) is 5.02 Å². The average molecular weight is 312 g/mol. The summed E-state index contributed by atoms with van der Waals surface area (Å²) in [5.74, 6) is -0.899. The number of carbonyl (C=O) groups excluding carboxylic acids is 1. The first-order chi connectivity index (χ1) is 9.49. The number of rotatable bonds is 4. The maximum Gasteiger partial charge on any atom is 0.256 e. The number of nitrogens with zero attached hydrogens (tertiary/aromatic N) is 1. The Morgan fingerprint density at radius 1 is 1.45 bits per heavy atom. The fraction of sp³-hybridized carbons (Fsp3) is 0.267. The van der Waals surface area contributed by atoms with Crippen molar-refractivity contribution in [3.05, 3.63) is 57.0 Å². The second kappa shape index (κ2) is 6.37. The molecule has 1 heterocycles.